The van der Waals surface area contributed by atoms with Crippen LogP contribution >= 0.6 is 0 Å². The van der Waals surface area contributed by atoms with E-state index in [0.29, 0.717) is 25.2 Å². The molecule has 0 saturated heterocycles. The Bertz CT molecular complexity index is 993. The zero-order valence-corrected chi connectivity index (χ0v) is 20.4. The number of carbonyl (C=O) groups is 2. The van der Waals surface area contributed by atoms with Gasteiger partial charge in [-0.1, -0.05) is 24.3 Å². The summed E-state index contributed by atoms with van der Waals surface area (Å²) < 4.78 is 5.22. The molecule has 0 heterocycles. The van der Waals surface area contributed by atoms with E-state index in [2.05, 4.69) is 5.32 Å². The highest BCUT2D eigenvalue weighted by molar-refractivity contribution is 5.94. The highest BCUT2D eigenvalue weighted by Gasteiger charge is 2.54. The summed E-state index contributed by atoms with van der Waals surface area (Å²) in [6.07, 6.45) is 7.28. The van der Waals surface area contributed by atoms with Crippen molar-refractivity contribution in [2.45, 2.75) is 58.5 Å². The van der Waals surface area contributed by atoms with Gasteiger partial charge in [0.15, 0.2) is 0 Å². The molecule has 2 aromatic carbocycles. The summed E-state index contributed by atoms with van der Waals surface area (Å²) in [6, 6.07) is 15.5. The molecule has 4 aliphatic carbocycles. The van der Waals surface area contributed by atoms with Crippen molar-refractivity contribution in [3.05, 3.63) is 65.2 Å². The third-order valence-corrected chi connectivity index (χ3v) is 8.38. The average molecular weight is 461 g/mol. The maximum atomic E-state index is 13.2. The lowest BCUT2D eigenvalue weighted by molar-refractivity contribution is -0.146. The van der Waals surface area contributed by atoms with Gasteiger partial charge >= 0.3 is 0 Å². The summed E-state index contributed by atoms with van der Waals surface area (Å²) in [6.45, 7) is 3.71. The summed E-state index contributed by atoms with van der Waals surface area (Å²) in [5, 5.41) is 3.24. The van der Waals surface area contributed by atoms with Crippen molar-refractivity contribution in [2.24, 2.45) is 23.2 Å². The van der Waals surface area contributed by atoms with Crippen molar-refractivity contribution in [3.8, 4) is 5.75 Å². The van der Waals surface area contributed by atoms with Crippen LogP contribution in [0.1, 0.15) is 66.9 Å². The van der Waals surface area contributed by atoms with E-state index in [0.717, 1.165) is 53.9 Å². The van der Waals surface area contributed by atoms with Crippen LogP contribution in [-0.4, -0.2) is 30.4 Å². The molecule has 0 aliphatic heterocycles. The van der Waals surface area contributed by atoms with Gasteiger partial charge in [-0.2, -0.15) is 0 Å². The summed E-state index contributed by atoms with van der Waals surface area (Å²) >= 11 is 0. The Kier molecular flexibility index (Phi) is 6.37. The molecule has 2 amide bonds. The fraction of sp³-hybridized carbons (Fsp3) is 0.517. The van der Waals surface area contributed by atoms with Crippen LogP contribution in [0.4, 0.5) is 0 Å². The molecule has 0 unspecified atom stereocenters. The summed E-state index contributed by atoms with van der Waals surface area (Å²) in [4.78, 5) is 28.1. The first-order valence-corrected chi connectivity index (χ1v) is 12.8. The summed E-state index contributed by atoms with van der Waals surface area (Å²) in [5.74, 6) is 3.38. The molecule has 0 atom stereocenters. The van der Waals surface area contributed by atoms with Gasteiger partial charge in [0, 0.05) is 30.6 Å². The summed E-state index contributed by atoms with van der Waals surface area (Å²) in [5.41, 5.74) is 2.66. The first kappa shape index (κ1) is 22.9. The molecule has 5 nitrogen and oxygen atoms in total. The molecule has 4 aliphatic rings. The Hall–Kier alpha value is -2.82. The predicted molar refractivity (Wildman–Crippen MR) is 132 cm³/mol. The van der Waals surface area contributed by atoms with E-state index in [1.54, 1.807) is 7.11 Å². The standard InChI is InChI=1S/C29H36N2O3/c1-3-31(19-21-6-10-26(34-2)11-7-21)27(32)25-8-4-20(5-9-25)18-30-28(33)29-15-22-12-23(16-29)14-24(13-22)17-29/h4-11,22-24H,3,12-19H2,1-2H3,(H,30,33). The van der Waals surface area contributed by atoms with Crippen molar-refractivity contribution in [1.82, 2.24) is 10.2 Å². The molecule has 2 aromatic rings. The molecule has 4 fully saturated rings. The van der Waals surface area contributed by atoms with E-state index in [-0.39, 0.29) is 17.2 Å². The molecule has 180 valence electrons. The van der Waals surface area contributed by atoms with Gasteiger partial charge in [0.1, 0.15) is 5.75 Å². The molecule has 34 heavy (non-hydrogen) atoms. The Labute approximate surface area is 202 Å². The molecule has 0 spiro atoms. The molecule has 1 N–H and O–H groups in total. The third-order valence-electron chi connectivity index (χ3n) is 8.38. The van der Waals surface area contributed by atoms with E-state index in [1.807, 2.05) is 60.4 Å². The zero-order chi connectivity index (χ0) is 23.7. The van der Waals surface area contributed by atoms with Gasteiger partial charge in [-0.15, -0.1) is 0 Å². The van der Waals surface area contributed by atoms with Crippen molar-refractivity contribution in [2.75, 3.05) is 13.7 Å². The topological polar surface area (TPSA) is 58.6 Å². The number of ether oxygens (including phenoxy) is 1. The molecule has 6 rings (SSSR count). The first-order chi connectivity index (χ1) is 16.5. The molecular weight excluding hydrogens is 424 g/mol. The lowest BCUT2D eigenvalue weighted by Crippen LogP contribution is -2.53. The number of methoxy groups -OCH3 is 1. The number of amides is 2. The Morgan fingerprint density at radius 3 is 2.00 bits per heavy atom. The van der Waals surface area contributed by atoms with E-state index >= 15 is 0 Å². The SMILES string of the molecule is CCN(Cc1ccc(OC)cc1)C(=O)c1ccc(CNC(=O)C23CC4CC(CC(C4)C2)C3)cc1. The third kappa shape index (κ3) is 4.57. The van der Waals surface area contributed by atoms with Gasteiger partial charge in [0.05, 0.1) is 7.11 Å². The van der Waals surface area contributed by atoms with Gasteiger partial charge in [-0.05, 0) is 98.6 Å². The molecule has 4 bridgehead atoms. The smallest absolute Gasteiger partial charge is 0.254 e. The predicted octanol–water partition coefficient (Wildman–Crippen LogP) is 5.19. The van der Waals surface area contributed by atoms with Gasteiger partial charge in [0.2, 0.25) is 5.91 Å². The lowest BCUT2D eigenvalue weighted by atomic mass is 9.49. The number of rotatable bonds is 8. The maximum Gasteiger partial charge on any atom is 0.254 e. The van der Waals surface area contributed by atoms with Crippen LogP contribution in [0.3, 0.4) is 0 Å². The number of nitrogens with zero attached hydrogens (tertiary/aromatic N) is 1. The quantitative estimate of drug-likeness (QED) is 0.590. The van der Waals surface area contributed by atoms with E-state index in [1.165, 1.54) is 19.3 Å². The highest BCUT2D eigenvalue weighted by atomic mass is 16.5. The first-order valence-electron chi connectivity index (χ1n) is 12.8. The minimum Gasteiger partial charge on any atom is -0.497 e. The van der Waals surface area contributed by atoms with Crippen LogP contribution in [0, 0.1) is 23.2 Å². The largest absolute Gasteiger partial charge is 0.497 e. The maximum absolute atomic E-state index is 13.2. The Balaban J connectivity index is 1.17. The number of benzene rings is 2. The molecule has 4 saturated carbocycles. The number of hydrogen-bond donors (Lipinski definition) is 1. The second-order valence-corrected chi connectivity index (χ2v) is 10.7. The van der Waals surface area contributed by atoms with Crippen LogP contribution in [0.2, 0.25) is 0 Å². The van der Waals surface area contributed by atoms with Gasteiger partial charge < -0.3 is 15.0 Å². The van der Waals surface area contributed by atoms with E-state index in [4.69, 9.17) is 4.74 Å². The van der Waals surface area contributed by atoms with Crippen LogP contribution in [-0.2, 0) is 17.9 Å². The van der Waals surface area contributed by atoms with Gasteiger partial charge in [-0.25, -0.2) is 0 Å². The van der Waals surface area contributed by atoms with Crippen molar-refractivity contribution < 1.29 is 14.3 Å². The van der Waals surface area contributed by atoms with Crippen molar-refractivity contribution in [3.63, 3.8) is 0 Å². The number of carbonyl (C=O) groups excluding carboxylic acids is 2. The minimum atomic E-state index is -0.117. The van der Waals surface area contributed by atoms with Crippen LogP contribution in [0.5, 0.6) is 5.75 Å². The second-order valence-electron chi connectivity index (χ2n) is 10.7. The normalized spacial score (nSPS) is 26.8. The number of nitrogens with one attached hydrogen (secondary N) is 1. The fourth-order valence-corrected chi connectivity index (χ4v) is 6.98. The van der Waals surface area contributed by atoms with E-state index in [9.17, 15) is 9.59 Å². The Morgan fingerprint density at radius 1 is 0.912 bits per heavy atom. The molecule has 0 aromatic heterocycles. The van der Waals surface area contributed by atoms with Gasteiger partial charge in [-0.3, -0.25) is 9.59 Å². The van der Waals surface area contributed by atoms with Gasteiger partial charge in [0.25, 0.3) is 5.91 Å². The molecular formula is C29H36N2O3. The van der Waals surface area contributed by atoms with Crippen molar-refractivity contribution >= 4 is 11.8 Å². The van der Waals surface area contributed by atoms with Crippen LogP contribution in [0.15, 0.2) is 48.5 Å². The van der Waals surface area contributed by atoms with E-state index < -0.39 is 0 Å². The van der Waals surface area contributed by atoms with Crippen LogP contribution in [0.25, 0.3) is 0 Å². The second kappa shape index (κ2) is 9.44. The van der Waals surface area contributed by atoms with Crippen LogP contribution < -0.4 is 10.1 Å². The summed E-state index contributed by atoms with van der Waals surface area (Å²) in [7, 11) is 1.65. The lowest BCUT2D eigenvalue weighted by Gasteiger charge is -2.55. The van der Waals surface area contributed by atoms with Crippen molar-refractivity contribution in [1.29, 1.82) is 0 Å². The highest BCUT2D eigenvalue weighted by Crippen LogP contribution is 2.60. The number of hydrogen-bond acceptors (Lipinski definition) is 3. The monoisotopic (exact) mass is 460 g/mol. The fourth-order valence-electron chi connectivity index (χ4n) is 6.98. The average Bonchev–Trinajstić information content (AvgIpc) is 2.85. The zero-order valence-electron chi connectivity index (χ0n) is 20.4. The minimum absolute atomic E-state index is 0.0162. The molecule has 5 heteroatoms. The Morgan fingerprint density at radius 2 is 1.47 bits per heavy atom. The molecule has 0 radical (unpaired) electrons.